The third-order valence-electron chi connectivity index (χ3n) is 2.75. The van der Waals surface area contributed by atoms with Crippen molar-refractivity contribution in [2.24, 2.45) is 0 Å². The van der Waals surface area contributed by atoms with E-state index >= 15 is 0 Å². The lowest BCUT2D eigenvalue weighted by atomic mass is 10.0. The standard InChI is InChI=1S/C16H15N3O2/c1-13-5-6-15(12-14(13)4-2-3-11-20)16(21)19(9-7-17)10-8-18/h5-6,12,20H,3,9-11H2,1H3. The Bertz CT molecular complexity index is 641. The summed E-state index contributed by atoms with van der Waals surface area (Å²) in [5.41, 5.74) is 2.01. The number of aliphatic hydroxyl groups is 1. The van der Waals surface area contributed by atoms with Crippen LogP contribution >= 0.6 is 0 Å². The van der Waals surface area contributed by atoms with E-state index in [1.165, 1.54) is 4.90 Å². The molecule has 0 saturated carbocycles. The number of nitriles is 2. The second kappa shape index (κ2) is 8.38. The summed E-state index contributed by atoms with van der Waals surface area (Å²) in [6, 6.07) is 8.80. The van der Waals surface area contributed by atoms with Crippen LogP contribution in [-0.4, -0.2) is 35.6 Å². The molecule has 0 radical (unpaired) electrons. The molecule has 5 heteroatoms. The summed E-state index contributed by atoms with van der Waals surface area (Å²) in [6.07, 6.45) is 0.368. The van der Waals surface area contributed by atoms with Crippen molar-refractivity contribution in [2.45, 2.75) is 13.3 Å². The van der Waals surface area contributed by atoms with Gasteiger partial charge < -0.3 is 10.0 Å². The Labute approximate surface area is 124 Å². The van der Waals surface area contributed by atoms with Gasteiger partial charge in [-0.3, -0.25) is 4.79 Å². The number of carbonyl (C=O) groups is 1. The van der Waals surface area contributed by atoms with E-state index in [-0.39, 0.29) is 25.6 Å². The number of carbonyl (C=O) groups excluding carboxylic acids is 1. The van der Waals surface area contributed by atoms with Gasteiger partial charge in [0.15, 0.2) is 0 Å². The van der Waals surface area contributed by atoms with Gasteiger partial charge in [-0.2, -0.15) is 10.5 Å². The minimum atomic E-state index is -0.372. The van der Waals surface area contributed by atoms with Gasteiger partial charge in [-0.05, 0) is 24.6 Å². The third-order valence-corrected chi connectivity index (χ3v) is 2.75. The van der Waals surface area contributed by atoms with E-state index in [1.807, 2.05) is 19.1 Å². The van der Waals surface area contributed by atoms with Crippen molar-refractivity contribution in [2.75, 3.05) is 19.7 Å². The van der Waals surface area contributed by atoms with E-state index in [0.29, 0.717) is 17.5 Å². The second-order valence-corrected chi connectivity index (χ2v) is 4.28. The fourth-order valence-electron chi connectivity index (χ4n) is 1.66. The van der Waals surface area contributed by atoms with Crippen LogP contribution < -0.4 is 0 Å². The molecule has 0 bridgehead atoms. The summed E-state index contributed by atoms with van der Waals surface area (Å²) in [5, 5.41) is 26.1. The molecule has 0 heterocycles. The molecule has 1 aromatic rings. The Morgan fingerprint density at radius 2 is 1.95 bits per heavy atom. The zero-order valence-electron chi connectivity index (χ0n) is 11.8. The zero-order valence-corrected chi connectivity index (χ0v) is 11.8. The molecule has 0 unspecified atom stereocenters. The molecular formula is C16H15N3O2. The molecule has 1 N–H and O–H groups in total. The first-order valence-electron chi connectivity index (χ1n) is 6.37. The van der Waals surface area contributed by atoms with E-state index in [9.17, 15) is 4.79 Å². The minimum Gasteiger partial charge on any atom is -0.395 e. The van der Waals surface area contributed by atoms with Crippen molar-refractivity contribution in [1.82, 2.24) is 4.90 Å². The lowest BCUT2D eigenvalue weighted by Gasteiger charge is -2.16. The minimum absolute atomic E-state index is 0.0111. The highest BCUT2D eigenvalue weighted by Gasteiger charge is 2.15. The van der Waals surface area contributed by atoms with Crippen LogP contribution in [0, 0.1) is 41.4 Å². The van der Waals surface area contributed by atoms with E-state index in [0.717, 1.165) is 5.56 Å². The number of aryl methyl sites for hydroxylation is 1. The molecule has 1 amide bonds. The summed E-state index contributed by atoms with van der Waals surface area (Å²) >= 11 is 0. The van der Waals surface area contributed by atoms with Crippen LogP contribution in [0.5, 0.6) is 0 Å². The predicted molar refractivity (Wildman–Crippen MR) is 76.9 cm³/mol. The van der Waals surface area contributed by atoms with Crippen molar-refractivity contribution in [3.63, 3.8) is 0 Å². The van der Waals surface area contributed by atoms with Gasteiger partial charge in [-0.25, -0.2) is 0 Å². The molecule has 5 nitrogen and oxygen atoms in total. The van der Waals surface area contributed by atoms with E-state index in [2.05, 4.69) is 11.8 Å². The van der Waals surface area contributed by atoms with Crippen LogP contribution in [0.3, 0.4) is 0 Å². The summed E-state index contributed by atoms with van der Waals surface area (Å²) in [4.78, 5) is 13.4. The van der Waals surface area contributed by atoms with Gasteiger partial charge in [0, 0.05) is 17.5 Å². The van der Waals surface area contributed by atoms with E-state index in [4.69, 9.17) is 15.6 Å². The van der Waals surface area contributed by atoms with Crippen molar-refractivity contribution in [3.05, 3.63) is 34.9 Å². The molecule has 0 aliphatic rings. The first-order valence-corrected chi connectivity index (χ1v) is 6.37. The van der Waals surface area contributed by atoms with Crippen molar-refractivity contribution >= 4 is 5.91 Å². The van der Waals surface area contributed by atoms with Gasteiger partial charge in [0.2, 0.25) is 0 Å². The molecule has 0 spiro atoms. The molecule has 21 heavy (non-hydrogen) atoms. The molecule has 106 valence electrons. The third kappa shape index (κ3) is 4.66. The van der Waals surface area contributed by atoms with E-state index < -0.39 is 0 Å². The quantitative estimate of drug-likeness (QED) is 0.664. The molecule has 1 aromatic carbocycles. The van der Waals surface area contributed by atoms with Crippen LogP contribution in [0.1, 0.15) is 27.9 Å². The maximum Gasteiger partial charge on any atom is 0.255 e. The maximum absolute atomic E-state index is 12.3. The van der Waals surface area contributed by atoms with Crippen LogP contribution in [0.15, 0.2) is 18.2 Å². The summed E-state index contributed by atoms with van der Waals surface area (Å²) in [6.45, 7) is 1.60. The number of amides is 1. The molecule has 0 aliphatic carbocycles. The molecule has 0 fully saturated rings. The molecule has 1 rings (SSSR count). The van der Waals surface area contributed by atoms with Gasteiger partial charge in [-0.1, -0.05) is 17.9 Å². The fraction of sp³-hybridized carbons (Fsp3) is 0.312. The molecule has 0 aliphatic heterocycles. The predicted octanol–water partition coefficient (Wildman–Crippen LogP) is 1.22. The molecule has 0 saturated heterocycles. The average molecular weight is 281 g/mol. The highest BCUT2D eigenvalue weighted by atomic mass is 16.2. The van der Waals surface area contributed by atoms with Gasteiger partial charge in [0.1, 0.15) is 13.1 Å². The first-order chi connectivity index (χ1) is 10.1. The zero-order chi connectivity index (χ0) is 15.7. The van der Waals surface area contributed by atoms with Crippen LogP contribution in [0.25, 0.3) is 0 Å². The number of aliphatic hydroxyl groups excluding tert-OH is 1. The van der Waals surface area contributed by atoms with Crippen LogP contribution in [0.4, 0.5) is 0 Å². The SMILES string of the molecule is Cc1ccc(C(=O)N(CC#N)CC#N)cc1C#CCCO. The Hall–Kier alpha value is -2.81. The smallest absolute Gasteiger partial charge is 0.255 e. The van der Waals surface area contributed by atoms with Gasteiger partial charge in [0.25, 0.3) is 5.91 Å². The average Bonchev–Trinajstić information content (AvgIpc) is 2.48. The summed E-state index contributed by atoms with van der Waals surface area (Å²) < 4.78 is 0. The first kappa shape index (κ1) is 16.2. The molecule has 0 aromatic heterocycles. The Balaban J connectivity index is 3.06. The lowest BCUT2D eigenvalue weighted by Crippen LogP contribution is -2.31. The van der Waals surface area contributed by atoms with E-state index in [1.54, 1.807) is 18.2 Å². The van der Waals surface area contributed by atoms with Gasteiger partial charge >= 0.3 is 0 Å². The fourth-order valence-corrected chi connectivity index (χ4v) is 1.66. The van der Waals surface area contributed by atoms with Crippen LogP contribution in [-0.2, 0) is 0 Å². The maximum atomic E-state index is 12.3. The number of hydrogen-bond acceptors (Lipinski definition) is 4. The van der Waals surface area contributed by atoms with Crippen molar-refractivity contribution in [3.8, 4) is 24.0 Å². The summed E-state index contributed by atoms with van der Waals surface area (Å²) in [5.74, 6) is 5.34. The number of benzene rings is 1. The molecule has 0 atom stereocenters. The van der Waals surface area contributed by atoms with Gasteiger partial charge in [-0.15, -0.1) is 0 Å². The highest BCUT2D eigenvalue weighted by Crippen LogP contribution is 2.12. The Morgan fingerprint density at radius 3 is 2.52 bits per heavy atom. The number of rotatable bonds is 4. The lowest BCUT2D eigenvalue weighted by molar-refractivity contribution is 0.0794. The topological polar surface area (TPSA) is 88.1 Å². The Morgan fingerprint density at radius 1 is 1.29 bits per heavy atom. The normalized spacial score (nSPS) is 8.95. The largest absolute Gasteiger partial charge is 0.395 e. The molecular weight excluding hydrogens is 266 g/mol. The number of hydrogen-bond donors (Lipinski definition) is 1. The number of nitrogens with zero attached hydrogens (tertiary/aromatic N) is 3. The van der Waals surface area contributed by atoms with Crippen LogP contribution in [0.2, 0.25) is 0 Å². The second-order valence-electron chi connectivity index (χ2n) is 4.28. The van der Waals surface area contributed by atoms with Gasteiger partial charge in [0.05, 0.1) is 18.7 Å². The Kier molecular flexibility index (Phi) is 6.48. The summed E-state index contributed by atoms with van der Waals surface area (Å²) in [7, 11) is 0. The monoisotopic (exact) mass is 281 g/mol. The highest BCUT2D eigenvalue weighted by molar-refractivity contribution is 5.95. The van der Waals surface area contributed by atoms with Crippen molar-refractivity contribution in [1.29, 1.82) is 10.5 Å². The van der Waals surface area contributed by atoms with Crippen molar-refractivity contribution < 1.29 is 9.90 Å².